The number of ketones is 1. The van der Waals surface area contributed by atoms with E-state index in [1.807, 2.05) is 41.4 Å². The second kappa shape index (κ2) is 8.10. The number of hydrogen-bond donors (Lipinski definition) is 0. The Balaban J connectivity index is 1.47. The van der Waals surface area contributed by atoms with Crippen molar-refractivity contribution in [3.63, 3.8) is 0 Å². The Kier molecular flexibility index (Phi) is 5.00. The zero-order valence-corrected chi connectivity index (χ0v) is 19.6. The second-order valence-corrected chi connectivity index (χ2v) is 9.35. The third-order valence-electron chi connectivity index (χ3n) is 7.19. The molecule has 6 nitrogen and oxygen atoms in total. The van der Waals surface area contributed by atoms with Crippen LogP contribution in [-0.4, -0.2) is 35.6 Å². The first kappa shape index (κ1) is 21.6. The van der Waals surface area contributed by atoms with E-state index in [1.54, 1.807) is 55.6 Å². The number of Topliss-reactive ketones (excluding diaryl/α,β-unsaturated/α-hetero) is 1. The van der Waals surface area contributed by atoms with Crippen LogP contribution in [0.5, 0.6) is 5.75 Å². The van der Waals surface area contributed by atoms with E-state index in [1.165, 1.54) is 4.90 Å². The molecule has 2 amide bonds. The molecule has 7 heteroatoms. The van der Waals surface area contributed by atoms with Gasteiger partial charge in [-0.2, -0.15) is 0 Å². The van der Waals surface area contributed by atoms with Gasteiger partial charge in [-0.15, -0.1) is 0 Å². The van der Waals surface area contributed by atoms with Crippen molar-refractivity contribution in [2.24, 2.45) is 11.8 Å². The van der Waals surface area contributed by atoms with E-state index in [0.717, 1.165) is 11.1 Å². The van der Waals surface area contributed by atoms with Gasteiger partial charge in [-0.3, -0.25) is 14.4 Å². The average molecular weight is 485 g/mol. The SMILES string of the molecule is COc1ccc(N2C(=O)[C@@H]3[C@H](C2=O)C2c4ccccc4C=CN2[C@@H]3C(=O)c2ccc(Cl)cc2)cc1. The fourth-order valence-corrected chi connectivity index (χ4v) is 5.75. The minimum absolute atomic E-state index is 0.207. The summed E-state index contributed by atoms with van der Waals surface area (Å²) in [5.74, 6) is -1.73. The van der Waals surface area contributed by atoms with Crippen molar-refractivity contribution in [2.75, 3.05) is 12.0 Å². The lowest BCUT2D eigenvalue weighted by Gasteiger charge is -2.35. The van der Waals surface area contributed by atoms with Crippen molar-refractivity contribution < 1.29 is 19.1 Å². The lowest BCUT2D eigenvalue weighted by molar-refractivity contribution is -0.123. The van der Waals surface area contributed by atoms with Gasteiger partial charge in [0.15, 0.2) is 5.78 Å². The molecule has 0 N–H and O–H groups in total. The molecule has 0 saturated carbocycles. The molecule has 1 unspecified atom stereocenters. The summed E-state index contributed by atoms with van der Waals surface area (Å²) >= 11 is 6.04. The van der Waals surface area contributed by atoms with Gasteiger partial charge in [0.2, 0.25) is 11.8 Å². The Morgan fingerprint density at radius 2 is 1.57 bits per heavy atom. The number of benzene rings is 3. The number of imide groups is 1. The summed E-state index contributed by atoms with van der Waals surface area (Å²) in [5.41, 5.74) is 2.85. The fourth-order valence-electron chi connectivity index (χ4n) is 5.63. The van der Waals surface area contributed by atoms with Gasteiger partial charge in [0.1, 0.15) is 11.8 Å². The monoisotopic (exact) mass is 484 g/mol. The minimum atomic E-state index is -0.811. The van der Waals surface area contributed by atoms with Crippen molar-refractivity contribution in [3.05, 3.63) is 101 Å². The topological polar surface area (TPSA) is 66.9 Å². The third-order valence-corrected chi connectivity index (χ3v) is 7.44. The largest absolute Gasteiger partial charge is 0.497 e. The van der Waals surface area contributed by atoms with E-state index in [2.05, 4.69) is 0 Å². The molecule has 2 fully saturated rings. The zero-order chi connectivity index (χ0) is 24.3. The van der Waals surface area contributed by atoms with Gasteiger partial charge in [-0.25, -0.2) is 4.90 Å². The van der Waals surface area contributed by atoms with Crippen LogP contribution < -0.4 is 9.64 Å². The molecule has 3 heterocycles. The molecule has 35 heavy (non-hydrogen) atoms. The van der Waals surface area contributed by atoms with Crippen LogP contribution in [0.25, 0.3) is 6.08 Å². The van der Waals surface area contributed by atoms with Crippen LogP contribution in [0.1, 0.15) is 27.5 Å². The van der Waals surface area contributed by atoms with E-state index in [9.17, 15) is 14.4 Å². The summed E-state index contributed by atoms with van der Waals surface area (Å²) in [5, 5.41) is 0.522. The van der Waals surface area contributed by atoms with E-state index in [-0.39, 0.29) is 17.6 Å². The number of hydrogen-bond acceptors (Lipinski definition) is 5. The Morgan fingerprint density at radius 3 is 2.29 bits per heavy atom. The first-order valence-corrected chi connectivity index (χ1v) is 11.7. The van der Waals surface area contributed by atoms with Gasteiger partial charge in [0.05, 0.1) is 30.7 Å². The molecular formula is C28H21ClN2O4. The quantitative estimate of drug-likeness (QED) is 0.395. The van der Waals surface area contributed by atoms with Crippen LogP contribution in [0, 0.1) is 11.8 Å². The maximum absolute atomic E-state index is 13.9. The smallest absolute Gasteiger partial charge is 0.240 e. The lowest BCUT2D eigenvalue weighted by Crippen LogP contribution is -2.44. The number of fused-ring (bicyclic) bond motifs is 5. The van der Waals surface area contributed by atoms with Crippen molar-refractivity contribution >= 4 is 41.0 Å². The molecule has 174 valence electrons. The predicted octanol–water partition coefficient (Wildman–Crippen LogP) is 4.75. The Bertz CT molecular complexity index is 1380. The molecule has 0 bridgehead atoms. The number of amides is 2. The molecule has 2 saturated heterocycles. The summed E-state index contributed by atoms with van der Waals surface area (Å²) in [6.45, 7) is 0. The molecular weight excluding hydrogens is 464 g/mol. The molecule has 3 aliphatic heterocycles. The maximum Gasteiger partial charge on any atom is 0.240 e. The van der Waals surface area contributed by atoms with Gasteiger partial charge < -0.3 is 9.64 Å². The normalized spacial score (nSPS) is 24.3. The first-order chi connectivity index (χ1) is 17.0. The van der Waals surface area contributed by atoms with Gasteiger partial charge in [0.25, 0.3) is 0 Å². The van der Waals surface area contributed by atoms with E-state index in [4.69, 9.17) is 16.3 Å². The van der Waals surface area contributed by atoms with E-state index in [0.29, 0.717) is 22.0 Å². The number of halogens is 1. The summed E-state index contributed by atoms with van der Waals surface area (Å²) in [7, 11) is 1.56. The third kappa shape index (κ3) is 3.21. The summed E-state index contributed by atoms with van der Waals surface area (Å²) in [4.78, 5) is 44.7. The van der Waals surface area contributed by atoms with Crippen molar-refractivity contribution in [1.29, 1.82) is 0 Å². The van der Waals surface area contributed by atoms with Crippen LogP contribution >= 0.6 is 11.6 Å². The van der Waals surface area contributed by atoms with E-state index < -0.39 is 23.9 Å². The van der Waals surface area contributed by atoms with E-state index >= 15 is 0 Å². The number of nitrogens with zero attached hydrogens (tertiary/aromatic N) is 2. The molecule has 0 spiro atoms. The molecule has 3 aliphatic rings. The highest BCUT2D eigenvalue weighted by Crippen LogP contribution is 2.53. The van der Waals surface area contributed by atoms with Gasteiger partial charge in [0, 0.05) is 16.8 Å². The van der Waals surface area contributed by atoms with Crippen molar-refractivity contribution in [2.45, 2.75) is 12.1 Å². The molecule has 0 aromatic heterocycles. The number of carbonyl (C=O) groups excluding carboxylic acids is 3. The molecule has 0 radical (unpaired) electrons. The number of carbonyl (C=O) groups is 3. The Hall–Kier alpha value is -3.90. The van der Waals surface area contributed by atoms with Gasteiger partial charge in [-0.1, -0.05) is 35.9 Å². The summed E-state index contributed by atoms with van der Waals surface area (Å²) in [6.07, 6.45) is 3.79. The number of rotatable bonds is 4. The lowest BCUT2D eigenvalue weighted by atomic mass is 9.83. The van der Waals surface area contributed by atoms with Crippen LogP contribution in [-0.2, 0) is 9.59 Å². The fraction of sp³-hybridized carbons (Fsp3) is 0.179. The number of methoxy groups -OCH3 is 1. The van der Waals surface area contributed by atoms with Crippen molar-refractivity contribution in [3.8, 4) is 5.75 Å². The molecule has 6 rings (SSSR count). The Morgan fingerprint density at radius 1 is 0.886 bits per heavy atom. The first-order valence-electron chi connectivity index (χ1n) is 11.4. The highest BCUT2D eigenvalue weighted by atomic mass is 35.5. The van der Waals surface area contributed by atoms with Crippen LogP contribution in [0.3, 0.4) is 0 Å². The predicted molar refractivity (Wildman–Crippen MR) is 132 cm³/mol. The maximum atomic E-state index is 13.9. The minimum Gasteiger partial charge on any atom is -0.497 e. The van der Waals surface area contributed by atoms with Crippen LogP contribution in [0.2, 0.25) is 5.02 Å². The molecule has 0 aliphatic carbocycles. The summed E-state index contributed by atoms with van der Waals surface area (Å²) < 4.78 is 5.22. The van der Waals surface area contributed by atoms with Gasteiger partial charge >= 0.3 is 0 Å². The number of anilines is 1. The highest BCUT2D eigenvalue weighted by molar-refractivity contribution is 6.30. The average Bonchev–Trinajstić information content (AvgIpc) is 3.36. The Labute approximate surface area is 207 Å². The highest BCUT2D eigenvalue weighted by Gasteiger charge is 2.64. The van der Waals surface area contributed by atoms with Crippen molar-refractivity contribution in [1.82, 2.24) is 4.90 Å². The molecule has 3 aromatic rings. The zero-order valence-electron chi connectivity index (χ0n) is 18.8. The number of ether oxygens (including phenoxy) is 1. The van der Waals surface area contributed by atoms with Gasteiger partial charge in [-0.05, 0) is 65.7 Å². The molecule has 4 atom stereocenters. The van der Waals surface area contributed by atoms with Crippen LogP contribution in [0.15, 0.2) is 79.0 Å². The van der Waals surface area contributed by atoms with Crippen LogP contribution in [0.4, 0.5) is 5.69 Å². The summed E-state index contributed by atoms with van der Waals surface area (Å²) in [6, 6.07) is 20.0. The second-order valence-electron chi connectivity index (χ2n) is 8.91. The standard InChI is InChI=1S/C28H21ClN2O4/c1-35-20-12-10-19(11-13-20)31-27(33)22-23(28(31)34)25(26(32)17-6-8-18(29)9-7-17)30-15-14-16-4-2-3-5-21(16)24(22)30/h2-15,22-25H,1H3/t22-,23+,24?,25-/m0/s1. The molecule has 3 aromatic carbocycles.